The second kappa shape index (κ2) is 10.4. The number of hydrogen-bond donors (Lipinski definition) is 2. The fraction of sp³-hybridized carbons (Fsp3) is 0.143. The number of carbonyl (C=O) groups is 2. The molecule has 9 nitrogen and oxygen atoms in total. The molecule has 2 N–H and O–H groups in total. The van der Waals surface area contributed by atoms with Crippen LogP contribution >= 0.6 is 23.1 Å². The summed E-state index contributed by atoms with van der Waals surface area (Å²) in [6.45, 7) is 0.772. The number of aromatic nitrogens is 2. The molecule has 3 heterocycles. The number of carbonyl (C=O) groups excluding carboxylic acids is 2. The molecule has 1 amide bonds. The maximum absolute atomic E-state index is 13.4. The summed E-state index contributed by atoms with van der Waals surface area (Å²) in [5.74, 6) is -0.378. The molecule has 2 aliphatic rings. The lowest BCUT2D eigenvalue weighted by Gasteiger charge is -2.23. The first-order valence-corrected chi connectivity index (χ1v) is 13.8. The fourth-order valence-electron chi connectivity index (χ4n) is 4.43. The van der Waals surface area contributed by atoms with Crippen molar-refractivity contribution >= 4 is 45.7 Å². The van der Waals surface area contributed by atoms with E-state index in [0.29, 0.717) is 45.9 Å². The summed E-state index contributed by atoms with van der Waals surface area (Å²) < 4.78 is 11.8. The Morgan fingerprint density at radius 3 is 2.49 bits per heavy atom. The molecule has 4 aromatic rings. The molecule has 0 radical (unpaired) electrons. The molecule has 11 heteroatoms. The van der Waals surface area contributed by atoms with Gasteiger partial charge in [-0.05, 0) is 41.5 Å². The molecule has 2 aliphatic heterocycles. The van der Waals surface area contributed by atoms with Gasteiger partial charge in [-0.25, -0.2) is 0 Å². The number of aromatic hydroxyl groups is 1. The topological polar surface area (TPSA) is 122 Å². The quantitative estimate of drug-likeness (QED) is 0.111. The number of nitrogens with zero attached hydrogens (tertiary/aromatic N) is 3. The van der Waals surface area contributed by atoms with Crippen molar-refractivity contribution in [3.8, 4) is 17.2 Å². The number of Topliss-reactive ketones (excluding diaryl/α,β-unsaturated/α-hetero) is 1. The van der Waals surface area contributed by atoms with Crippen molar-refractivity contribution in [2.45, 2.75) is 16.1 Å². The van der Waals surface area contributed by atoms with E-state index >= 15 is 0 Å². The van der Waals surface area contributed by atoms with Gasteiger partial charge in [0.15, 0.2) is 15.8 Å². The summed E-state index contributed by atoms with van der Waals surface area (Å²) >= 11 is 2.66. The van der Waals surface area contributed by atoms with Crippen LogP contribution in [0.15, 0.2) is 82.7 Å². The number of amides is 1. The molecular formula is C28H21N3O6S2. The molecule has 0 bridgehead atoms. The summed E-state index contributed by atoms with van der Waals surface area (Å²) in [5, 5.41) is 29.9. The molecular weight excluding hydrogens is 538 g/mol. The van der Waals surface area contributed by atoms with Gasteiger partial charge in [0.2, 0.25) is 5.13 Å². The van der Waals surface area contributed by atoms with Crippen molar-refractivity contribution in [2.24, 2.45) is 0 Å². The zero-order valence-electron chi connectivity index (χ0n) is 20.3. The third kappa shape index (κ3) is 4.82. The molecule has 1 fully saturated rings. The van der Waals surface area contributed by atoms with Crippen molar-refractivity contribution in [2.75, 3.05) is 18.1 Å². The van der Waals surface area contributed by atoms with E-state index in [-0.39, 0.29) is 22.2 Å². The Morgan fingerprint density at radius 2 is 1.72 bits per heavy atom. The molecule has 196 valence electrons. The number of phenolic OH excluding ortho intramolecular Hbond substituents is 1. The SMILES string of the molecule is O=C1C(=O)N(c2nnc(SCc3ccccc3)s2)C(c2ccc(O)cc2)/C1=C(\O)c1ccc2c(c1)OCCO2. The van der Waals surface area contributed by atoms with Crippen LogP contribution in [0.3, 0.4) is 0 Å². The third-order valence-electron chi connectivity index (χ3n) is 6.28. The minimum Gasteiger partial charge on any atom is -0.508 e. The number of anilines is 1. The summed E-state index contributed by atoms with van der Waals surface area (Å²) in [4.78, 5) is 28.0. The number of ketones is 1. The van der Waals surface area contributed by atoms with Crippen LogP contribution in [0.2, 0.25) is 0 Å². The maximum Gasteiger partial charge on any atom is 0.301 e. The van der Waals surface area contributed by atoms with Crippen LogP contribution in [0, 0.1) is 0 Å². The van der Waals surface area contributed by atoms with Gasteiger partial charge in [-0.1, -0.05) is 65.6 Å². The molecule has 6 rings (SSSR count). The monoisotopic (exact) mass is 559 g/mol. The van der Waals surface area contributed by atoms with Crippen LogP contribution in [0.25, 0.3) is 5.76 Å². The van der Waals surface area contributed by atoms with Crippen molar-refractivity contribution in [1.82, 2.24) is 10.2 Å². The third-order valence-corrected chi connectivity index (χ3v) is 8.40. The van der Waals surface area contributed by atoms with Crippen molar-refractivity contribution in [1.29, 1.82) is 0 Å². The van der Waals surface area contributed by atoms with E-state index in [1.165, 1.54) is 40.1 Å². The standard InChI is InChI=1S/C28H21N3O6S2/c32-19-9-6-17(7-10-19)23-22(24(33)18-8-11-20-21(14-18)37-13-12-36-20)25(34)26(35)31(23)27-29-30-28(39-27)38-15-16-4-2-1-3-5-16/h1-11,14,23,32-33H,12-13,15H2/b24-22+. The summed E-state index contributed by atoms with van der Waals surface area (Å²) in [6.07, 6.45) is 0. The highest BCUT2D eigenvalue weighted by Crippen LogP contribution is 2.45. The van der Waals surface area contributed by atoms with Crippen LogP contribution in [0.5, 0.6) is 17.2 Å². The predicted molar refractivity (Wildman–Crippen MR) is 146 cm³/mol. The Labute approximate surface area is 231 Å². The van der Waals surface area contributed by atoms with Crippen LogP contribution in [0.1, 0.15) is 22.7 Å². The van der Waals surface area contributed by atoms with Crippen LogP contribution in [-0.2, 0) is 15.3 Å². The summed E-state index contributed by atoms with van der Waals surface area (Å²) in [5.41, 5.74) is 1.83. The van der Waals surface area contributed by atoms with Crippen molar-refractivity contribution < 1.29 is 29.3 Å². The number of benzene rings is 3. The lowest BCUT2D eigenvalue weighted by atomic mass is 9.95. The van der Waals surface area contributed by atoms with Crippen LogP contribution in [-0.4, -0.2) is 45.3 Å². The first-order chi connectivity index (χ1) is 19.0. The molecule has 3 aromatic carbocycles. The number of fused-ring (bicyclic) bond motifs is 1. The van der Waals surface area contributed by atoms with Gasteiger partial charge >= 0.3 is 5.91 Å². The number of rotatable bonds is 6. The molecule has 0 spiro atoms. The van der Waals surface area contributed by atoms with Gasteiger partial charge in [0.25, 0.3) is 5.78 Å². The lowest BCUT2D eigenvalue weighted by molar-refractivity contribution is -0.132. The van der Waals surface area contributed by atoms with Gasteiger partial charge in [-0.3, -0.25) is 14.5 Å². The van der Waals surface area contributed by atoms with Gasteiger partial charge in [0, 0.05) is 11.3 Å². The molecule has 1 unspecified atom stereocenters. The molecule has 1 aromatic heterocycles. The average Bonchev–Trinajstić information content (AvgIpc) is 3.54. The Kier molecular flexibility index (Phi) is 6.67. The summed E-state index contributed by atoms with van der Waals surface area (Å²) in [6, 6.07) is 19.8. The van der Waals surface area contributed by atoms with E-state index in [1.807, 2.05) is 30.3 Å². The normalized spacial score (nSPS) is 17.9. The number of thioether (sulfide) groups is 1. The highest BCUT2D eigenvalue weighted by molar-refractivity contribution is 8.00. The minimum absolute atomic E-state index is 0.0260. The van der Waals surface area contributed by atoms with Gasteiger partial charge in [0.1, 0.15) is 24.7 Å². The Morgan fingerprint density at radius 1 is 0.974 bits per heavy atom. The molecule has 1 saturated heterocycles. The van der Waals surface area contributed by atoms with E-state index in [9.17, 15) is 19.8 Å². The van der Waals surface area contributed by atoms with Gasteiger partial charge in [0.05, 0.1) is 11.6 Å². The highest BCUT2D eigenvalue weighted by atomic mass is 32.2. The first-order valence-electron chi connectivity index (χ1n) is 12.0. The maximum atomic E-state index is 13.4. The zero-order valence-corrected chi connectivity index (χ0v) is 21.9. The lowest BCUT2D eigenvalue weighted by Crippen LogP contribution is -2.29. The van der Waals surface area contributed by atoms with Gasteiger partial charge in [-0.15, -0.1) is 10.2 Å². The number of phenols is 1. The second-order valence-electron chi connectivity index (χ2n) is 8.74. The first kappa shape index (κ1) is 25.0. The second-order valence-corrected chi connectivity index (χ2v) is 10.9. The molecule has 0 saturated carbocycles. The van der Waals surface area contributed by atoms with Crippen LogP contribution < -0.4 is 14.4 Å². The molecule has 39 heavy (non-hydrogen) atoms. The van der Waals surface area contributed by atoms with E-state index in [0.717, 1.165) is 5.56 Å². The Balaban J connectivity index is 1.39. The van der Waals surface area contributed by atoms with E-state index in [2.05, 4.69) is 10.2 Å². The van der Waals surface area contributed by atoms with Crippen molar-refractivity contribution in [3.63, 3.8) is 0 Å². The Bertz CT molecular complexity index is 1590. The van der Waals surface area contributed by atoms with E-state index in [4.69, 9.17) is 9.47 Å². The molecule has 0 aliphatic carbocycles. The average molecular weight is 560 g/mol. The van der Waals surface area contributed by atoms with Crippen molar-refractivity contribution in [3.05, 3.63) is 95.1 Å². The van der Waals surface area contributed by atoms with Crippen LogP contribution in [0.4, 0.5) is 5.13 Å². The zero-order chi connectivity index (χ0) is 26.9. The van der Waals surface area contributed by atoms with Gasteiger partial charge < -0.3 is 19.7 Å². The Hall–Kier alpha value is -4.35. The predicted octanol–water partition coefficient (Wildman–Crippen LogP) is 4.93. The number of aliphatic hydroxyl groups excluding tert-OH is 1. The largest absolute Gasteiger partial charge is 0.508 e. The number of ether oxygens (including phenoxy) is 2. The van der Waals surface area contributed by atoms with E-state index in [1.54, 1.807) is 30.3 Å². The highest BCUT2D eigenvalue weighted by Gasteiger charge is 2.48. The summed E-state index contributed by atoms with van der Waals surface area (Å²) in [7, 11) is 0. The number of hydrogen-bond acceptors (Lipinski definition) is 10. The van der Waals surface area contributed by atoms with Gasteiger partial charge in [-0.2, -0.15) is 0 Å². The minimum atomic E-state index is -0.987. The fourth-order valence-corrected chi connectivity index (χ4v) is 6.25. The molecule has 1 atom stereocenters. The van der Waals surface area contributed by atoms with E-state index < -0.39 is 17.7 Å². The smallest absolute Gasteiger partial charge is 0.301 e. The number of aliphatic hydroxyl groups is 1.